The van der Waals surface area contributed by atoms with Crippen LogP contribution in [-0.2, 0) is 25.7 Å². The van der Waals surface area contributed by atoms with Crippen LogP contribution in [0.3, 0.4) is 0 Å². The van der Waals surface area contributed by atoms with Gasteiger partial charge < -0.3 is 19.9 Å². The molecule has 4 aromatic heterocycles. The number of aryl methyl sites for hydroxylation is 4. The zero-order chi connectivity index (χ0) is 32.3. The van der Waals surface area contributed by atoms with Crippen LogP contribution in [0.5, 0.6) is 0 Å². The number of nitrogens with one attached hydrogen (secondary N) is 4. The molecule has 4 heteroatoms. The molecule has 236 valence electrons. The molecule has 2 aromatic carbocycles. The number of hydrogen-bond acceptors (Lipinski definition) is 0. The van der Waals surface area contributed by atoms with E-state index in [1.165, 1.54) is 99.3 Å². The molecule has 0 bridgehead atoms. The molecule has 0 saturated carbocycles. The summed E-state index contributed by atoms with van der Waals surface area (Å²) in [4.78, 5) is 15.1. The average molecular weight is 609 g/mol. The first-order valence-electron chi connectivity index (χ1n) is 17.3. The molecule has 1 aliphatic carbocycles. The van der Waals surface area contributed by atoms with E-state index in [-0.39, 0.29) is 11.8 Å². The van der Waals surface area contributed by atoms with Gasteiger partial charge >= 0.3 is 0 Å². The summed E-state index contributed by atoms with van der Waals surface area (Å²) in [7, 11) is 0. The van der Waals surface area contributed by atoms with Crippen molar-refractivity contribution in [2.45, 2.75) is 92.9 Å². The molecule has 6 aromatic rings. The third-order valence-electron chi connectivity index (χ3n) is 11.2. The summed E-state index contributed by atoms with van der Waals surface area (Å²) in [6, 6.07) is 13.9. The Labute approximate surface area is 272 Å². The molecule has 0 atom stereocenters. The lowest BCUT2D eigenvalue weighted by molar-refractivity contribution is 0.849. The average Bonchev–Trinajstić information content (AvgIpc) is 3.83. The summed E-state index contributed by atoms with van der Waals surface area (Å²) < 4.78 is 0. The van der Waals surface area contributed by atoms with Gasteiger partial charge in [-0.25, -0.2) is 0 Å². The van der Waals surface area contributed by atoms with Crippen LogP contribution in [-0.4, -0.2) is 19.9 Å². The van der Waals surface area contributed by atoms with Gasteiger partial charge in [0.2, 0.25) is 0 Å². The quantitative estimate of drug-likeness (QED) is 0.119. The minimum atomic E-state index is 0.0769. The summed E-state index contributed by atoms with van der Waals surface area (Å²) in [5.41, 5.74) is 18.9. The summed E-state index contributed by atoms with van der Waals surface area (Å²) in [5.74, 6) is 0.154. The second kappa shape index (κ2) is 11.7. The Balaban J connectivity index is 1.57. The number of fused-ring (bicyclic) bond motifs is 2. The Kier molecular flexibility index (Phi) is 7.71. The van der Waals surface area contributed by atoms with Crippen molar-refractivity contribution in [1.82, 2.24) is 19.9 Å². The van der Waals surface area contributed by atoms with Crippen molar-refractivity contribution in [3.63, 3.8) is 0 Å². The first kappa shape index (κ1) is 30.2. The van der Waals surface area contributed by atoms with Gasteiger partial charge in [-0.05, 0) is 130 Å². The van der Waals surface area contributed by atoms with Gasteiger partial charge in [0, 0.05) is 47.6 Å². The molecular weight excluding hydrogens is 560 g/mol. The van der Waals surface area contributed by atoms with Crippen LogP contribution in [0.4, 0.5) is 0 Å². The third-order valence-corrected chi connectivity index (χ3v) is 11.2. The highest BCUT2D eigenvalue weighted by atomic mass is 14.8. The van der Waals surface area contributed by atoms with Gasteiger partial charge in [-0.1, -0.05) is 64.1 Å². The molecule has 4 N–H and O–H groups in total. The molecule has 0 unspecified atom stereocenters. The second-order valence-corrected chi connectivity index (χ2v) is 13.2. The van der Waals surface area contributed by atoms with Crippen molar-refractivity contribution in [1.29, 1.82) is 0 Å². The van der Waals surface area contributed by atoms with Gasteiger partial charge in [-0.3, -0.25) is 0 Å². The van der Waals surface area contributed by atoms with Gasteiger partial charge in [0.15, 0.2) is 0 Å². The maximum absolute atomic E-state index is 3.76. The summed E-state index contributed by atoms with van der Waals surface area (Å²) in [5, 5.41) is 5.49. The minimum Gasteiger partial charge on any atom is -0.364 e. The molecule has 0 saturated heterocycles. The number of benzene rings is 2. The molecule has 46 heavy (non-hydrogen) atoms. The standard InChI is InChI=1S/C42H48N4/c1-9-27-19-43-39(23(27)5)37(40-24(6)28(10-2)20-44-40)33-17-13-15-31-32-16-14-18-34(36(32)35(31)33)38(41-25(7)29(11-3)21-45-41)42-26(8)30(12-4)22-46-42/h13-22,37-38,43-46H,9-12H2,1-8H3. The lowest BCUT2D eigenvalue weighted by Gasteiger charge is -2.25. The zero-order valence-electron chi connectivity index (χ0n) is 28.8. The Morgan fingerprint density at radius 1 is 0.435 bits per heavy atom. The molecule has 1 aliphatic rings. The van der Waals surface area contributed by atoms with Gasteiger partial charge in [0.1, 0.15) is 0 Å². The smallest absolute Gasteiger partial charge is 0.0653 e. The van der Waals surface area contributed by atoms with E-state index in [0.29, 0.717) is 0 Å². The van der Waals surface area contributed by atoms with Crippen LogP contribution in [0, 0.1) is 48.6 Å². The third kappa shape index (κ3) is 4.40. The maximum atomic E-state index is 3.76. The van der Waals surface area contributed by atoms with Crippen LogP contribution < -0.4 is 0 Å². The fraction of sp³-hybridized carbons (Fsp3) is 0.333. The molecule has 0 aliphatic heterocycles. The fourth-order valence-electron chi connectivity index (χ4n) is 8.36. The first-order chi connectivity index (χ1) is 22.3. The van der Waals surface area contributed by atoms with Gasteiger partial charge in [0.25, 0.3) is 0 Å². The van der Waals surface area contributed by atoms with Crippen LogP contribution >= 0.6 is 0 Å². The van der Waals surface area contributed by atoms with Crippen LogP contribution in [0.2, 0.25) is 0 Å². The Bertz CT molecular complexity index is 2010. The summed E-state index contributed by atoms with van der Waals surface area (Å²) >= 11 is 0. The number of aromatic nitrogens is 4. The van der Waals surface area contributed by atoms with Crippen LogP contribution in [0.15, 0.2) is 61.2 Å². The second-order valence-electron chi connectivity index (χ2n) is 13.2. The van der Waals surface area contributed by atoms with Crippen molar-refractivity contribution in [2.75, 3.05) is 0 Å². The monoisotopic (exact) mass is 608 g/mol. The SMILES string of the molecule is CCc1c[nH]c(C(c2[nH]cc(CC)c2C)c2cccc3c2=c2c(C(c4[nH]cc(CC)c4C)c4[nH]cc(CC)c4C)cccc2=3)c1C. The fourth-order valence-corrected chi connectivity index (χ4v) is 8.36. The van der Waals surface area contributed by atoms with E-state index < -0.39 is 0 Å². The molecular formula is C42H48N4. The van der Waals surface area contributed by atoms with Crippen molar-refractivity contribution < 1.29 is 0 Å². The highest BCUT2D eigenvalue weighted by molar-refractivity contribution is 5.54. The van der Waals surface area contributed by atoms with Crippen molar-refractivity contribution in [3.05, 3.63) is 160 Å². The molecule has 0 fully saturated rings. The van der Waals surface area contributed by atoms with Crippen molar-refractivity contribution in [2.24, 2.45) is 0 Å². The van der Waals surface area contributed by atoms with Crippen LogP contribution in [0.25, 0.3) is 0 Å². The van der Waals surface area contributed by atoms with E-state index in [9.17, 15) is 0 Å². The normalized spacial score (nSPS) is 12.2. The predicted octanol–water partition coefficient (Wildman–Crippen LogP) is 9.73. The molecule has 4 nitrogen and oxygen atoms in total. The van der Waals surface area contributed by atoms with Gasteiger partial charge in [-0.2, -0.15) is 0 Å². The van der Waals surface area contributed by atoms with E-state index in [1.54, 1.807) is 0 Å². The minimum absolute atomic E-state index is 0.0769. The largest absolute Gasteiger partial charge is 0.364 e. The van der Waals surface area contributed by atoms with Crippen LogP contribution in [0.1, 0.15) is 118 Å². The van der Waals surface area contributed by atoms with Gasteiger partial charge in [0.05, 0.1) is 11.8 Å². The molecule has 0 amide bonds. The van der Waals surface area contributed by atoms with Crippen molar-refractivity contribution in [3.8, 4) is 0 Å². The number of rotatable bonds is 10. The number of H-pyrrole nitrogens is 4. The van der Waals surface area contributed by atoms with E-state index >= 15 is 0 Å². The molecule has 0 spiro atoms. The van der Waals surface area contributed by atoms with E-state index in [2.05, 4.69) is 137 Å². The lowest BCUT2D eigenvalue weighted by atomic mass is 9.80. The maximum Gasteiger partial charge on any atom is 0.0653 e. The van der Waals surface area contributed by atoms with Gasteiger partial charge in [-0.15, -0.1) is 0 Å². The number of aromatic amines is 4. The van der Waals surface area contributed by atoms with E-state index in [4.69, 9.17) is 0 Å². The first-order valence-corrected chi connectivity index (χ1v) is 17.3. The lowest BCUT2D eigenvalue weighted by Crippen LogP contribution is -2.14. The van der Waals surface area contributed by atoms with Crippen molar-refractivity contribution >= 4 is 0 Å². The molecule has 7 rings (SSSR count). The highest BCUT2D eigenvalue weighted by Crippen LogP contribution is 2.41. The topological polar surface area (TPSA) is 63.2 Å². The zero-order valence-corrected chi connectivity index (χ0v) is 28.8. The molecule has 0 radical (unpaired) electrons. The molecule has 4 heterocycles. The Hall–Kier alpha value is -4.44. The van der Waals surface area contributed by atoms with E-state index in [1.807, 2.05) is 0 Å². The Morgan fingerprint density at radius 2 is 0.717 bits per heavy atom. The predicted molar refractivity (Wildman–Crippen MR) is 190 cm³/mol. The number of hydrogen-bond donors (Lipinski definition) is 4. The summed E-state index contributed by atoms with van der Waals surface area (Å²) in [6.07, 6.45) is 13.0. The highest BCUT2D eigenvalue weighted by Gasteiger charge is 2.30. The van der Waals surface area contributed by atoms with E-state index in [0.717, 1.165) is 25.7 Å². The summed E-state index contributed by atoms with van der Waals surface area (Å²) in [6.45, 7) is 18.2. The Morgan fingerprint density at radius 3 is 0.957 bits per heavy atom.